The van der Waals surface area contributed by atoms with Crippen LogP contribution in [0, 0.1) is 11.6 Å². The number of amides is 2. The van der Waals surface area contributed by atoms with Gasteiger partial charge < -0.3 is 0 Å². The summed E-state index contributed by atoms with van der Waals surface area (Å²) < 4.78 is 26.9. The molecule has 21 heavy (non-hydrogen) atoms. The van der Waals surface area contributed by atoms with Crippen molar-refractivity contribution in [2.24, 2.45) is 0 Å². The van der Waals surface area contributed by atoms with Crippen molar-refractivity contribution in [3.05, 3.63) is 69.7 Å². The number of hydrogen-bond acceptors (Lipinski definition) is 2. The zero-order valence-electron chi connectivity index (χ0n) is 10.5. The van der Waals surface area contributed by atoms with Gasteiger partial charge in [-0.05, 0) is 36.4 Å². The molecule has 0 spiro atoms. The van der Waals surface area contributed by atoms with Gasteiger partial charge in [0.25, 0.3) is 11.8 Å². The average molecular weight is 355 g/mol. The fourth-order valence-electron chi connectivity index (χ4n) is 1.53. The van der Waals surface area contributed by atoms with Gasteiger partial charge in [-0.3, -0.25) is 20.4 Å². The van der Waals surface area contributed by atoms with Crippen LogP contribution >= 0.6 is 15.9 Å². The third kappa shape index (κ3) is 3.85. The monoisotopic (exact) mass is 354 g/mol. The molecular weight excluding hydrogens is 346 g/mol. The van der Waals surface area contributed by atoms with Crippen LogP contribution in [-0.2, 0) is 0 Å². The third-order valence-corrected chi connectivity index (χ3v) is 3.10. The Hall–Kier alpha value is -2.28. The Morgan fingerprint density at radius 2 is 1.52 bits per heavy atom. The summed E-state index contributed by atoms with van der Waals surface area (Å²) in [5.74, 6) is -3.23. The highest BCUT2D eigenvalue weighted by atomic mass is 79.9. The number of rotatable bonds is 2. The van der Waals surface area contributed by atoms with Crippen molar-refractivity contribution < 1.29 is 18.4 Å². The lowest BCUT2D eigenvalue weighted by Crippen LogP contribution is -2.41. The second kappa shape index (κ2) is 6.45. The average Bonchev–Trinajstić information content (AvgIpc) is 2.45. The molecule has 2 amide bonds. The fourth-order valence-corrected chi connectivity index (χ4v) is 1.79. The summed E-state index contributed by atoms with van der Waals surface area (Å²) in [6, 6.07) is 8.95. The molecule has 108 valence electrons. The summed E-state index contributed by atoms with van der Waals surface area (Å²) in [5.41, 5.74) is 4.15. The molecule has 0 aliphatic rings. The van der Waals surface area contributed by atoms with Crippen molar-refractivity contribution in [3.63, 3.8) is 0 Å². The van der Waals surface area contributed by atoms with E-state index in [4.69, 9.17) is 0 Å². The van der Waals surface area contributed by atoms with Crippen LogP contribution < -0.4 is 10.9 Å². The maximum absolute atomic E-state index is 13.4. The molecule has 0 fully saturated rings. The molecule has 0 aliphatic carbocycles. The van der Waals surface area contributed by atoms with Gasteiger partial charge in [-0.1, -0.05) is 15.9 Å². The van der Waals surface area contributed by atoms with E-state index in [1.54, 1.807) is 24.3 Å². The summed E-state index contributed by atoms with van der Waals surface area (Å²) in [6.45, 7) is 0. The Balaban J connectivity index is 2.00. The van der Waals surface area contributed by atoms with Crippen molar-refractivity contribution in [3.8, 4) is 0 Å². The minimum absolute atomic E-state index is 0.318. The van der Waals surface area contributed by atoms with E-state index in [0.717, 1.165) is 16.6 Å². The van der Waals surface area contributed by atoms with Gasteiger partial charge in [0.15, 0.2) is 0 Å². The van der Waals surface area contributed by atoms with E-state index in [2.05, 4.69) is 26.8 Å². The van der Waals surface area contributed by atoms with Crippen molar-refractivity contribution in [2.45, 2.75) is 0 Å². The minimum atomic E-state index is -1.01. The van der Waals surface area contributed by atoms with Crippen molar-refractivity contribution in [2.75, 3.05) is 0 Å². The van der Waals surface area contributed by atoms with E-state index in [1.165, 1.54) is 0 Å². The van der Waals surface area contributed by atoms with Gasteiger partial charge in [-0.25, -0.2) is 8.78 Å². The predicted octanol–water partition coefficient (Wildman–Crippen LogP) is 2.80. The summed E-state index contributed by atoms with van der Waals surface area (Å²) in [6.07, 6.45) is 0. The lowest BCUT2D eigenvalue weighted by molar-refractivity contribution is 0.0844. The van der Waals surface area contributed by atoms with Crippen LogP contribution in [0.5, 0.6) is 0 Å². The van der Waals surface area contributed by atoms with Crippen LogP contribution in [0.4, 0.5) is 8.78 Å². The van der Waals surface area contributed by atoms with Gasteiger partial charge in [0, 0.05) is 16.1 Å². The zero-order chi connectivity index (χ0) is 15.4. The molecular formula is C14H9BrF2N2O2. The molecule has 0 heterocycles. The number of hydrazine groups is 1. The third-order valence-electron chi connectivity index (χ3n) is 2.57. The van der Waals surface area contributed by atoms with Gasteiger partial charge in [0.05, 0.1) is 5.56 Å². The first kappa shape index (κ1) is 15.1. The quantitative estimate of drug-likeness (QED) is 0.814. The maximum atomic E-state index is 13.4. The molecule has 0 unspecified atom stereocenters. The number of carbonyl (C=O) groups excluding carboxylic acids is 2. The summed E-state index contributed by atoms with van der Waals surface area (Å²) >= 11 is 3.23. The van der Waals surface area contributed by atoms with E-state index >= 15 is 0 Å². The number of halogens is 3. The fraction of sp³-hybridized carbons (Fsp3) is 0. The van der Waals surface area contributed by atoms with Gasteiger partial charge >= 0.3 is 0 Å². The molecule has 2 aromatic rings. The van der Waals surface area contributed by atoms with Crippen LogP contribution in [0.3, 0.4) is 0 Å². The molecule has 0 atom stereocenters. The molecule has 0 aromatic heterocycles. The molecule has 0 bridgehead atoms. The topological polar surface area (TPSA) is 58.2 Å². The Bertz CT molecular complexity index is 690. The first-order valence-corrected chi connectivity index (χ1v) is 6.58. The Morgan fingerprint density at radius 1 is 0.905 bits per heavy atom. The van der Waals surface area contributed by atoms with Crippen molar-refractivity contribution >= 4 is 27.7 Å². The van der Waals surface area contributed by atoms with Crippen LogP contribution in [0.15, 0.2) is 46.9 Å². The van der Waals surface area contributed by atoms with Crippen molar-refractivity contribution in [1.29, 1.82) is 0 Å². The number of hydrogen-bond donors (Lipinski definition) is 2. The molecule has 0 radical (unpaired) electrons. The summed E-state index contributed by atoms with van der Waals surface area (Å²) in [5, 5.41) is 0. The molecule has 2 rings (SSSR count). The minimum Gasteiger partial charge on any atom is -0.267 e. The van der Waals surface area contributed by atoms with Gasteiger partial charge in [0.1, 0.15) is 11.6 Å². The van der Waals surface area contributed by atoms with E-state index in [1.807, 2.05) is 0 Å². The first-order chi connectivity index (χ1) is 9.97. The first-order valence-electron chi connectivity index (χ1n) is 5.78. The SMILES string of the molecule is O=C(NNC(=O)c1ccc(F)cc1F)c1ccc(Br)cc1. The van der Waals surface area contributed by atoms with E-state index in [0.29, 0.717) is 11.6 Å². The van der Waals surface area contributed by atoms with Crippen LogP contribution in [0.2, 0.25) is 0 Å². The second-order valence-electron chi connectivity index (χ2n) is 4.04. The Labute approximate surface area is 127 Å². The second-order valence-corrected chi connectivity index (χ2v) is 4.95. The molecule has 4 nitrogen and oxygen atoms in total. The summed E-state index contributed by atoms with van der Waals surface area (Å²) in [4.78, 5) is 23.4. The van der Waals surface area contributed by atoms with E-state index < -0.39 is 23.4 Å². The van der Waals surface area contributed by atoms with E-state index in [-0.39, 0.29) is 5.56 Å². The zero-order valence-corrected chi connectivity index (χ0v) is 12.1. The predicted molar refractivity (Wildman–Crippen MR) is 75.4 cm³/mol. The van der Waals surface area contributed by atoms with Crippen LogP contribution in [0.1, 0.15) is 20.7 Å². The molecule has 0 saturated carbocycles. The largest absolute Gasteiger partial charge is 0.272 e. The standard InChI is InChI=1S/C14H9BrF2N2O2/c15-9-3-1-8(2-4-9)13(20)18-19-14(21)11-6-5-10(16)7-12(11)17/h1-7H,(H,18,20)(H,19,21). The highest BCUT2D eigenvalue weighted by Crippen LogP contribution is 2.11. The normalized spacial score (nSPS) is 10.0. The Kier molecular flexibility index (Phi) is 4.64. The molecule has 2 aromatic carbocycles. The lowest BCUT2D eigenvalue weighted by Gasteiger charge is -2.08. The maximum Gasteiger partial charge on any atom is 0.272 e. The lowest BCUT2D eigenvalue weighted by atomic mass is 10.2. The molecule has 7 heteroatoms. The van der Waals surface area contributed by atoms with Crippen LogP contribution in [-0.4, -0.2) is 11.8 Å². The Morgan fingerprint density at radius 3 is 2.14 bits per heavy atom. The van der Waals surface area contributed by atoms with Gasteiger partial charge in [-0.15, -0.1) is 0 Å². The molecule has 0 aliphatic heterocycles. The number of nitrogens with one attached hydrogen (secondary N) is 2. The highest BCUT2D eigenvalue weighted by molar-refractivity contribution is 9.10. The molecule has 0 saturated heterocycles. The summed E-state index contributed by atoms with van der Waals surface area (Å²) in [7, 11) is 0. The number of benzene rings is 2. The smallest absolute Gasteiger partial charge is 0.267 e. The highest BCUT2D eigenvalue weighted by Gasteiger charge is 2.13. The van der Waals surface area contributed by atoms with Crippen molar-refractivity contribution in [1.82, 2.24) is 10.9 Å². The van der Waals surface area contributed by atoms with Gasteiger partial charge in [0.2, 0.25) is 0 Å². The molecule has 2 N–H and O–H groups in total. The van der Waals surface area contributed by atoms with Crippen LogP contribution in [0.25, 0.3) is 0 Å². The van der Waals surface area contributed by atoms with E-state index in [9.17, 15) is 18.4 Å². The van der Waals surface area contributed by atoms with Gasteiger partial charge in [-0.2, -0.15) is 0 Å². The number of carbonyl (C=O) groups is 2.